The minimum absolute atomic E-state index is 0.0267. The summed E-state index contributed by atoms with van der Waals surface area (Å²) in [5, 5.41) is 3.12. The van der Waals surface area contributed by atoms with E-state index in [1.54, 1.807) is 0 Å². The molecule has 0 aliphatic carbocycles. The molecule has 19 heavy (non-hydrogen) atoms. The highest BCUT2D eigenvalue weighted by Gasteiger charge is 2.27. The maximum atomic E-state index is 12.3. The predicted molar refractivity (Wildman–Crippen MR) is 84.5 cm³/mol. The Kier molecular flexibility index (Phi) is 4.83. The quantitative estimate of drug-likeness (QED) is 0.857. The molecule has 0 fully saturated rings. The van der Waals surface area contributed by atoms with Gasteiger partial charge in [-0.3, -0.25) is 4.79 Å². The minimum atomic E-state index is -0.223. The summed E-state index contributed by atoms with van der Waals surface area (Å²) >= 11 is 3.46. The molecule has 1 amide bonds. The van der Waals surface area contributed by atoms with Gasteiger partial charge in [0.15, 0.2) is 0 Å². The summed E-state index contributed by atoms with van der Waals surface area (Å²) in [6, 6.07) is 5.78. The Bertz CT molecular complexity index is 472. The van der Waals surface area contributed by atoms with Gasteiger partial charge in [-0.1, -0.05) is 26.8 Å². The number of aryl methyl sites for hydroxylation is 1. The maximum Gasteiger partial charge on any atom is 0.252 e. The Morgan fingerprint density at radius 1 is 1.21 bits per heavy atom. The fraction of sp³-hybridized carbons (Fsp3) is 0.562. The first kappa shape index (κ1) is 16.2. The van der Waals surface area contributed by atoms with E-state index in [1.165, 1.54) is 0 Å². The molecule has 0 spiro atoms. The number of rotatable bonds is 3. The van der Waals surface area contributed by atoms with Crippen molar-refractivity contribution in [3.05, 3.63) is 33.8 Å². The monoisotopic (exact) mass is 325 g/mol. The molecule has 0 saturated carbocycles. The van der Waals surface area contributed by atoms with E-state index in [2.05, 4.69) is 55.9 Å². The van der Waals surface area contributed by atoms with Crippen molar-refractivity contribution in [1.82, 2.24) is 5.32 Å². The average molecular weight is 326 g/mol. The second-order valence-electron chi connectivity index (χ2n) is 7.06. The molecule has 0 saturated heterocycles. The second kappa shape index (κ2) is 5.66. The third-order valence-electron chi connectivity index (χ3n) is 2.79. The number of hydrogen-bond donors (Lipinski definition) is 1. The zero-order valence-electron chi connectivity index (χ0n) is 12.7. The number of carbonyl (C=O) groups is 1. The molecule has 0 aliphatic rings. The van der Waals surface area contributed by atoms with Crippen molar-refractivity contribution in [2.75, 3.05) is 0 Å². The summed E-state index contributed by atoms with van der Waals surface area (Å²) < 4.78 is 0.844. The molecule has 1 aromatic rings. The van der Waals surface area contributed by atoms with Crippen LogP contribution in [0.1, 0.15) is 57.0 Å². The molecule has 0 unspecified atom stereocenters. The van der Waals surface area contributed by atoms with Crippen LogP contribution in [0.15, 0.2) is 22.7 Å². The van der Waals surface area contributed by atoms with Crippen molar-refractivity contribution in [2.45, 2.75) is 53.5 Å². The molecule has 0 radical (unpaired) electrons. The molecule has 0 atom stereocenters. The van der Waals surface area contributed by atoms with E-state index in [-0.39, 0.29) is 16.9 Å². The third-order valence-corrected chi connectivity index (χ3v) is 3.45. The van der Waals surface area contributed by atoms with Crippen molar-refractivity contribution < 1.29 is 4.79 Å². The van der Waals surface area contributed by atoms with Crippen LogP contribution in [-0.4, -0.2) is 11.4 Å². The highest BCUT2D eigenvalue weighted by molar-refractivity contribution is 9.10. The summed E-state index contributed by atoms with van der Waals surface area (Å²) in [7, 11) is 0. The molecule has 0 bridgehead atoms. The Labute approximate surface area is 125 Å². The van der Waals surface area contributed by atoms with Gasteiger partial charge in [0, 0.05) is 10.0 Å². The second-order valence-corrected chi connectivity index (χ2v) is 7.91. The minimum Gasteiger partial charge on any atom is -0.347 e. The van der Waals surface area contributed by atoms with E-state index in [1.807, 2.05) is 25.1 Å². The lowest BCUT2D eigenvalue weighted by molar-refractivity contribution is 0.0890. The summed E-state index contributed by atoms with van der Waals surface area (Å²) in [6.07, 6.45) is 0.926. The van der Waals surface area contributed by atoms with Crippen LogP contribution in [0, 0.1) is 12.3 Å². The van der Waals surface area contributed by atoms with E-state index in [0.717, 1.165) is 16.5 Å². The molecule has 1 rings (SSSR count). The van der Waals surface area contributed by atoms with Crippen molar-refractivity contribution in [2.24, 2.45) is 5.41 Å². The van der Waals surface area contributed by atoms with Crippen molar-refractivity contribution in [3.8, 4) is 0 Å². The lowest BCUT2D eigenvalue weighted by Gasteiger charge is -2.33. The van der Waals surface area contributed by atoms with Crippen molar-refractivity contribution in [3.63, 3.8) is 0 Å². The first-order valence-electron chi connectivity index (χ1n) is 6.59. The fourth-order valence-corrected chi connectivity index (χ4v) is 3.22. The van der Waals surface area contributed by atoms with Crippen molar-refractivity contribution in [1.29, 1.82) is 0 Å². The third kappa shape index (κ3) is 5.35. The molecule has 0 heterocycles. The Morgan fingerprint density at radius 2 is 1.79 bits per heavy atom. The van der Waals surface area contributed by atoms with Crippen LogP contribution in [0.5, 0.6) is 0 Å². The zero-order chi connectivity index (χ0) is 14.8. The smallest absolute Gasteiger partial charge is 0.252 e. The topological polar surface area (TPSA) is 29.1 Å². The van der Waals surface area contributed by atoms with E-state index < -0.39 is 0 Å². The van der Waals surface area contributed by atoms with Gasteiger partial charge in [0.25, 0.3) is 5.91 Å². The van der Waals surface area contributed by atoms with Gasteiger partial charge in [-0.15, -0.1) is 0 Å². The van der Waals surface area contributed by atoms with Crippen LogP contribution < -0.4 is 5.32 Å². The number of nitrogens with one attached hydrogen (secondary N) is 1. The predicted octanol–water partition coefficient (Wildman–Crippen LogP) is 4.70. The molecular formula is C16H24BrNO. The standard InChI is InChI=1S/C16H24BrNO/c1-11-7-8-12(13(17)9-11)14(19)18-16(5,6)10-15(2,3)4/h7-9H,10H2,1-6H3,(H,18,19). The fourth-order valence-electron chi connectivity index (χ4n) is 2.55. The summed E-state index contributed by atoms with van der Waals surface area (Å²) in [4.78, 5) is 12.3. The summed E-state index contributed by atoms with van der Waals surface area (Å²) in [5.41, 5.74) is 1.78. The normalized spacial score (nSPS) is 12.4. The van der Waals surface area contributed by atoms with E-state index in [4.69, 9.17) is 0 Å². The van der Waals surface area contributed by atoms with Gasteiger partial charge < -0.3 is 5.32 Å². The molecule has 0 aliphatic heterocycles. The van der Waals surface area contributed by atoms with Crippen LogP contribution in [-0.2, 0) is 0 Å². The number of hydrogen-bond acceptors (Lipinski definition) is 1. The molecule has 106 valence electrons. The number of amides is 1. The van der Waals surface area contributed by atoms with Gasteiger partial charge >= 0.3 is 0 Å². The van der Waals surface area contributed by atoms with Crippen molar-refractivity contribution >= 4 is 21.8 Å². The van der Waals surface area contributed by atoms with Gasteiger partial charge in [0.05, 0.1) is 5.56 Å². The van der Waals surface area contributed by atoms with Gasteiger partial charge in [0.1, 0.15) is 0 Å². The lowest BCUT2D eigenvalue weighted by atomic mass is 9.81. The lowest BCUT2D eigenvalue weighted by Crippen LogP contribution is -2.45. The van der Waals surface area contributed by atoms with Gasteiger partial charge in [-0.05, 0) is 66.2 Å². The van der Waals surface area contributed by atoms with Crippen LogP contribution in [0.4, 0.5) is 0 Å². The molecular weight excluding hydrogens is 302 g/mol. The Morgan fingerprint density at radius 3 is 2.26 bits per heavy atom. The van der Waals surface area contributed by atoms with E-state index >= 15 is 0 Å². The average Bonchev–Trinajstić information content (AvgIpc) is 2.11. The van der Waals surface area contributed by atoms with E-state index in [0.29, 0.717) is 5.56 Å². The van der Waals surface area contributed by atoms with Crippen LogP contribution in [0.3, 0.4) is 0 Å². The number of benzene rings is 1. The van der Waals surface area contributed by atoms with Crippen LogP contribution >= 0.6 is 15.9 Å². The molecule has 1 N–H and O–H groups in total. The van der Waals surface area contributed by atoms with E-state index in [9.17, 15) is 4.79 Å². The largest absolute Gasteiger partial charge is 0.347 e. The number of halogens is 1. The molecule has 1 aromatic carbocycles. The first-order chi connectivity index (χ1) is 8.50. The molecule has 2 nitrogen and oxygen atoms in total. The maximum absolute atomic E-state index is 12.3. The Balaban J connectivity index is 2.84. The summed E-state index contributed by atoms with van der Waals surface area (Å²) in [5.74, 6) is -0.0267. The highest BCUT2D eigenvalue weighted by Crippen LogP contribution is 2.27. The zero-order valence-corrected chi connectivity index (χ0v) is 14.3. The highest BCUT2D eigenvalue weighted by atomic mass is 79.9. The summed E-state index contributed by atoms with van der Waals surface area (Å²) in [6.45, 7) is 12.7. The first-order valence-corrected chi connectivity index (χ1v) is 7.38. The van der Waals surface area contributed by atoms with Crippen LogP contribution in [0.25, 0.3) is 0 Å². The van der Waals surface area contributed by atoms with Gasteiger partial charge in [-0.2, -0.15) is 0 Å². The SMILES string of the molecule is Cc1ccc(C(=O)NC(C)(C)CC(C)(C)C)c(Br)c1. The van der Waals surface area contributed by atoms with Crippen LogP contribution in [0.2, 0.25) is 0 Å². The van der Waals surface area contributed by atoms with Gasteiger partial charge in [0.2, 0.25) is 0 Å². The Hall–Kier alpha value is -0.830. The number of carbonyl (C=O) groups excluding carboxylic acids is 1. The molecule has 0 aromatic heterocycles. The molecule has 3 heteroatoms. The van der Waals surface area contributed by atoms with Gasteiger partial charge in [-0.25, -0.2) is 0 Å².